The lowest BCUT2D eigenvalue weighted by Crippen LogP contribution is -2.44. The zero-order valence-corrected chi connectivity index (χ0v) is 17.3. The molecule has 5 nitrogen and oxygen atoms in total. The molecule has 0 spiro atoms. The molecule has 3 N–H and O–H groups in total. The van der Waals surface area contributed by atoms with Crippen LogP contribution in [0.4, 0.5) is 0 Å². The summed E-state index contributed by atoms with van der Waals surface area (Å²) >= 11 is 0. The molecule has 156 valence electrons. The van der Waals surface area contributed by atoms with Crippen molar-refractivity contribution in [2.75, 3.05) is 0 Å². The van der Waals surface area contributed by atoms with E-state index >= 15 is 0 Å². The summed E-state index contributed by atoms with van der Waals surface area (Å²) in [4.78, 5) is 24.9. The molecule has 0 radical (unpaired) electrons. The molecular formula is C24H32N2O3. The summed E-state index contributed by atoms with van der Waals surface area (Å²) in [6.45, 7) is 4.11. The van der Waals surface area contributed by atoms with Gasteiger partial charge in [-0.05, 0) is 42.7 Å². The van der Waals surface area contributed by atoms with Crippen LogP contribution in [0.5, 0.6) is 0 Å². The summed E-state index contributed by atoms with van der Waals surface area (Å²) in [6, 6.07) is 18.6. The molecule has 0 bridgehead atoms. The van der Waals surface area contributed by atoms with E-state index in [1.807, 2.05) is 18.2 Å². The number of hydrogen-bond donors (Lipinski definition) is 2. The predicted octanol–water partition coefficient (Wildman–Crippen LogP) is 4.30. The smallest absolute Gasteiger partial charge is 0.263 e. The Labute approximate surface area is 173 Å². The van der Waals surface area contributed by atoms with Crippen molar-refractivity contribution in [2.45, 2.75) is 57.9 Å². The topological polar surface area (TPSA) is 83.6 Å². The van der Waals surface area contributed by atoms with Gasteiger partial charge in [0, 0.05) is 0 Å². The minimum atomic E-state index is -1.18. The lowest BCUT2D eigenvalue weighted by atomic mass is 9.94. The molecule has 0 saturated heterocycles. The number of nitrogens with two attached hydrogens (primary N) is 1. The van der Waals surface area contributed by atoms with Crippen LogP contribution in [0.1, 0.15) is 56.6 Å². The zero-order valence-electron chi connectivity index (χ0n) is 17.3. The molecule has 2 amide bonds. The third-order valence-electron chi connectivity index (χ3n) is 5.08. The lowest BCUT2D eigenvalue weighted by molar-refractivity contribution is -0.180. The van der Waals surface area contributed by atoms with E-state index in [1.54, 1.807) is 30.3 Å². The van der Waals surface area contributed by atoms with Gasteiger partial charge in [0.25, 0.3) is 5.91 Å². The van der Waals surface area contributed by atoms with E-state index in [-0.39, 0.29) is 6.04 Å². The van der Waals surface area contributed by atoms with E-state index in [4.69, 9.17) is 5.73 Å². The molecule has 2 aromatic carbocycles. The zero-order chi connectivity index (χ0) is 21.2. The Balaban J connectivity index is 2.03. The Morgan fingerprint density at radius 3 is 2.10 bits per heavy atom. The van der Waals surface area contributed by atoms with E-state index in [0.29, 0.717) is 24.3 Å². The largest absolute Gasteiger partial charge is 0.369 e. The van der Waals surface area contributed by atoms with Gasteiger partial charge in [0.15, 0.2) is 0 Å². The summed E-state index contributed by atoms with van der Waals surface area (Å²) in [5, 5.41) is 11.5. The number of hydroxylamine groups is 2. The maximum Gasteiger partial charge on any atom is 0.263 e. The van der Waals surface area contributed by atoms with Crippen molar-refractivity contribution >= 4 is 11.8 Å². The fraction of sp³-hybridized carbons (Fsp3) is 0.417. The van der Waals surface area contributed by atoms with Gasteiger partial charge in [0.05, 0.1) is 6.04 Å². The van der Waals surface area contributed by atoms with Crippen molar-refractivity contribution in [3.05, 3.63) is 71.8 Å². The third-order valence-corrected chi connectivity index (χ3v) is 5.08. The number of benzene rings is 2. The molecule has 29 heavy (non-hydrogen) atoms. The van der Waals surface area contributed by atoms with Crippen LogP contribution in [-0.4, -0.2) is 28.1 Å². The first kappa shape index (κ1) is 22.6. The Hall–Kier alpha value is -2.66. The van der Waals surface area contributed by atoms with Gasteiger partial charge in [-0.3, -0.25) is 14.8 Å². The number of carbonyl (C=O) groups excluding carboxylic acids is 2. The van der Waals surface area contributed by atoms with E-state index in [1.165, 1.54) is 5.56 Å². The second kappa shape index (κ2) is 11.4. The Morgan fingerprint density at radius 2 is 1.55 bits per heavy atom. The van der Waals surface area contributed by atoms with E-state index in [0.717, 1.165) is 24.3 Å². The standard InChI is InChI=1S/C24H32N2O3/c1-18(2)17-21(16-10-9-13-19-11-5-3-6-12-19)26(29)24(28)22(23(25)27)20-14-7-4-8-15-20/h3-8,11-12,14-15,18,21-22,29H,9-10,13,16-17H2,1-2H3,(H2,25,27). The second-order valence-corrected chi connectivity index (χ2v) is 7.94. The van der Waals surface area contributed by atoms with Crippen LogP contribution in [0.15, 0.2) is 60.7 Å². The summed E-state index contributed by atoms with van der Waals surface area (Å²) in [7, 11) is 0. The highest BCUT2D eigenvalue weighted by atomic mass is 16.5. The Morgan fingerprint density at radius 1 is 0.966 bits per heavy atom. The molecule has 0 aromatic heterocycles. The van der Waals surface area contributed by atoms with Gasteiger partial charge in [-0.25, -0.2) is 5.06 Å². The molecule has 5 heteroatoms. The van der Waals surface area contributed by atoms with Crippen LogP contribution in [0, 0.1) is 5.92 Å². The number of nitrogens with zero attached hydrogens (tertiary/aromatic N) is 1. The van der Waals surface area contributed by atoms with Crippen LogP contribution in [0.3, 0.4) is 0 Å². The molecular weight excluding hydrogens is 364 g/mol. The normalized spacial score (nSPS) is 13.1. The predicted molar refractivity (Wildman–Crippen MR) is 114 cm³/mol. The van der Waals surface area contributed by atoms with Crippen LogP contribution < -0.4 is 5.73 Å². The maximum atomic E-state index is 12.9. The van der Waals surface area contributed by atoms with Crippen molar-refractivity contribution < 1.29 is 14.8 Å². The van der Waals surface area contributed by atoms with E-state index in [2.05, 4.69) is 26.0 Å². The van der Waals surface area contributed by atoms with Crippen LogP contribution in [0.2, 0.25) is 0 Å². The van der Waals surface area contributed by atoms with Crippen molar-refractivity contribution in [3.63, 3.8) is 0 Å². The van der Waals surface area contributed by atoms with Crippen LogP contribution in [0.25, 0.3) is 0 Å². The van der Waals surface area contributed by atoms with Crippen molar-refractivity contribution in [2.24, 2.45) is 11.7 Å². The summed E-state index contributed by atoms with van der Waals surface area (Å²) in [5.41, 5.74) is 7.27. The summed E-state index contributed by atoms with van der Waals surface area (Å²) in [5.74, 6) is -2.29. The van der Waals surface area contributed by atoms with Crippen LogP contribution >= 0.6 is 0 Å². The molecule has 0 aliphatic heterocycles. The molecule has 2 aromatic rings. The monoisotopic (exact) mass is 396 g/mol. The fourth-order valence-corrected chi connectivity index (χ4v) is 3.62. The first-order valence-corrected chi connectivity index (χ1v) is 10.3. The van der Waals surface area contributed by atoms with Gasteiger partial charge in [-0.2, -0.15) is 0 Å². The van der Waals surface area contributed by atoms with Gasteiger partial charge in [-0.1, -0.05) is 80.9 Å². The molecule has 2 rings (SSSR count). The molecule has 2 unspecified atom stereocenters. The van der Waals surface area contributed by atoms with E-state index in [9.17, 15) is 14.8 Å². The number of carbonyl (C=O) groups is 2. The molecule has 0 aliphatic rings. The molecule has 0 fully saturated rings. The second-order valence-electron chi connectivity index (χ2n) is 7.94. The Bertz CT molecular complexity index is 762. The van der Waals surface area contributed by atoms with Crippen LogP contribution in [-0.2, 0) is 16.0 Å². The van der Waals surface area contributed by atoms with Gasteiger partial charge in [0.2, 0.25) is 5.91 Å². The lowest BCUT2D eigenvalue weighted by Gasteiger charge is -2.30. The average Bonchev–Trinajstić information content (AvgIpc) is 2.71. The van der Waals surface area contributed by atoms with Crippen molar-refractivity contribution in [1.82, 2.24) is 5.06 Å². The molecule has 0 saturated carbocycles. The molecule has 0 aliphatic carbocycles. The number of unbranched alkanes of at least 4 members (excludes halogenated alkanes) is 1. The summed E-state index contributed by atoms with van der Waals surface area (Å²) < 4.78 is 0. The number of rotatable bonds is 11. The minimum Gasteiger partial charge on any atom is -0.369 e. The highest BCUT2D eigenvalue weighted by Gasteiger charge is 2.33. The number of amides is 2. The van der Waals surface area contributed by atoms with E-state index < -0.39 is 17.7 Å². The van der Waals surface area contributed by atoms with Gasteiger partial charge in [-0.15, -0.1) is 0 Å². The first-order chi connectivity index (χ1) is 13.9. The third kappa shape index (κ3) is 7.02. The first-order valence-electron chi connectivity index (χ1n) is 10.3. The van der Waals surface area contributed by atoms with Gasteiger partial charge >= 0.3 is 0 Å². The average molecular weight is 397 g/mol. The van der Waals surface area contributed by atoms with Gasteiger partial charge in [0.1, 0.15) is 5.92 Å². The number of hydrogen-bond acceptors (Lipinski definition) is 3. The highest BCUT2D eigenvalue weighted by Crippen LogP contribution is 2.23. The SMILES string of the molecule is CC(C)CC(CCCCc1ccccc1)N(O)C(=O)C(C(N)=O)c1ccccc1. The fourth-order valence-electron chi connectivity index (χ4n) is 3.62. The molecule has 0 heterocycles. The molecule has 2 atom stereocenters. The quantitative estimate of drug-likeness (QED) is 0.257. The minimum absolute atomic E-state index is 0.306. The summed E-state index contributed by atoms with van der Waals surface area (Å²) in [6.07, 6.45) is 4.14. The van der Waals surface area contributed by atoms with Gasteiger partial charge < -0.3 is 5.73 Å². The highest BCUT2D eigenvalue weighted by molar-refractivity contribution is 6.04. The van der Waals surface area contributed by atoms with Crippen molar-refractivity contribution in [3.8, 4) is 0 Å². The number of aryl methyl sites for hydroxylation is 1. The maximum absolute atomic E-state index is 12.9. The number of primary amides is 1. The Kier molecular flexibility index (Phi) is 8.87. The van der Waals surface area contributed by atoms with Crippen molar-refractivity contribution in [1.29, 1.82) is 0 Å².